The van der Waals surface area contributed by atoms with E-state index in [0.717, 1.165) is 5.56 Å². The Bertz CT molecular complexity index is 538. The molecule has 0 saturated heterocycles. The Labute approximate surface area is 118 Å². The molecule has 0 N–H and O–H groups in total. The van der Waals surface area contributed by atoms with Crippen LogP contribution in [0.2, 0.25) is 0 Å². The van der Waals surface area contributed by atoms with E-state index in [2.05, 4.69) is 10.0 Å². The van der Waals surface area contributed by atoms with E-state index in [-0.39, 0.29) is 5.97 Å². The van der Waals surface area contributed by atoms with Gasteiger partial charge in [-0.15, -0.1) is 0 Å². The first-order chi connectivity index (χ1) is 9.44. The van der Waals surface area contributed by atoms with Crippen molar-refractivity contribution in [2.75, 3.05) is 6.54 Å². The molecule has 0 atom stereocenters. The number of nitrogens with zero attached hydrogens (tertiary/aromatic N) is 3. The molecule has 0 saturated carbocycles. The molecule has 106 valence electrons. The highest BCUT2D eigenvalue weighted by atomic mass is 16.6. The van der Waals surface area contributed by atoms with Crippen LogP contribution in [0.1, 0.15) is 43.1 Å². The molecule has 0 aliphatic carbocycles. The van der Waals surface area contributed by atoms with Gasteiger partial charge in [0.15, 0.2) is 0 Å². The predicted octanol–water partition coefficient (Wildman–Crippen LogP) is 4.36. The Balaban J connectivity index is 2.82. The summed E-state index contributed by atoms with van der Waals surface area (Å²) >= 11 is 0. The van der Waals surface area contributed by atoms with Crippen LogP contribution in [0.15, 0.2) is 35.5 Å². The zero-order valence-corrected chi connectivity index (χ0v) is 12.0. The standard InChI is InChI=1S/C15H19N3O2/c1-15(2,3)20-14(19)13-10-5-4-8-12(13)9-6-7-11-17-18-16/h4-6,8-10H,7,11H2,1-3H3. The molecule has 0 spiro atoms. The summed E-state index contributed by atoms with van der Waals surface area (Å²) in [4.78, 5) is 14.8. The largest absolute Gasteiger partial charge is 0.456 e. The minimum atomic E-state index is -0.518. The molecule has 0 amide bonds. The molecule has 0 radical (unpaired) electrons. The van der Waals surface area contributed by atoms with Crippen LogP contribution in [0.5, 0.6) is 0 Å². The summed E-state index contributed by atoms with van der Waals surface area (Å²) in [5.41, 5.74) is 8.99. The quantitative estimate of drug-likeness (QED) is 0.263. The summed E-state index contributed by atoms with van der Waals surface area (Å²) in [6.45, 7) is 5.91. The molecule has 1 aromatic rings. The molecule has 5 nitrogen and oxygen atoms in total. The van der Waals surface area contributed by atoms with E-state index >= 15 is 0 Å². The third-order valence-electron chi connectivity index (χ3n) is 2.34. The van der Waals surface area contributed by atoms with Gasteiger partial charge >= 0.3 is 5.97 Å². The van der Waals surface area contributed by atoms with E-state index in [0.29, 0.717) is 18.5 Å². The highest BCUT2D eigenvalue weighted by molar-refractivity contribution is 5.93. The average Bonchev–Trinajstić information content (AvgIpc) is 2.37. The van der Waals surface area contributed by atoms with Gasteiger partial charge in [-0.2, -0.15) is 0 Å². The van der Waals surface area contributed by atoms with E-state index in [9.17, 15) is 4.79 Å². The topological polar surface area (TPSA) is 75.1 Å². The Morgan fingerprint density at radius 1 is 1.40 bits per heavy atom. The van der Waals surface area contributed by atoms with Gasteiger partial charge in [0.25, 0.3) is 0 Å². The minimum absolute atomic E-state index is 0.340. The number of esters is 1. The fraction of sp³-hybridized carbons (Fsp3) is 0.400. The van der Waals surface area contributed by atoms with Gasteiger partial charge in [0.1, 0.15) is 5.60 Å². The Hall–Kier alpha value is -2.26. The van der Waals surface area contributed by atoms with Crippen molar-refractivity contribution in [2.45, 2.75) is 32.8 Å². The fourth-order valence-electron chi connectivity index (χ4n) is 1.55. The zero-order chi connectivity index (χ0) is 15.0. The first-order valence-corrected chi connectivity index (χ1v) is 6.44. The highest BCUT2D eigenvalue weighted by Crippen LogP contribution is 2.16. The maximum absolute atomic E-state index is 12.1. The van der Waals surface area contributed by atoms with E-state index in [1.54, 1.807) is 12.1 Å². The van der Waals surface area contributed by atoms with Gasteiger partial charge < -0.3 is 4.74 Å². The molecule has 0 unspecified atom stereocenters. The SMILES string of the molecule is CC(C)(C)OC(=O)c1ccccc1C=CCCN=[N+]=[N-]. The molecule has 5 heteroatoms. The number of ether oxygens (including phenoxy) is 1. The molecule has 0 fully saturated rings. The summed E-state index contributed by atoms with van der Waals surface area (Å²) in [7, 11) is 0. The summed E-state index contributed by atoms with van der Waals surface area (Å²) in [5, 5.41) is 3.45. The van der Waals surface area contributed by atoms with Gasteiger partial charge in [-0.05, 0) is 44.4 Å². The summed E-state index contributed by atoms with van der Waals surface area (Å²) in [6, 6.07) is 7.25. The van der Waals surface area contributed by atoms with E-state index in [4.69, 9.17) is 10.3 Å². The van der Waals surface area contributed by atoms with Crippen molar-refractivity contribution in [3.8, 4) is 0 Å². The van der Waals surface area contributed by atoms with Crippen LogP contribution in [-0.4, -0.2) is 18.1 Å². The molecule has 0 heterocycles. The molecular formula is C15H19N3O2. The van der Waals surface area contributed by atoms with Gasteiger partial charge in [-0.3, -0.25) is 0 Å². The third-order valence-corrected chi connectivity index (χ3v) is 2.34. The number of rotatable bonds is 5. The van der Waals surface area contributed by atoms with Gasteiger partial charge in [-0.1, -0.05) is 35.5 Å². The molecule has 1 rings (SSSR count). The van der Waals surface area contributed by atoms with Crippen LogP contribution in [-0.2, 0) is 4.74 Å². The molecule has 0 aliphatic rings. The average molecular weight is 273 g/mol. The molecule has 1 aromatic carbocycles. The van der Waals surface area contributed by atoms with E-state index in [1.165, 1.54) is 0 Å². The second-order valence-corrected chi connectivity index (χ2v) is 5.23. The number of carbonyl (C=O) groups is 1. The second-order valence-electron chi connectivity index (χ2n) is 5.23. The van der Waals surface area contributed by atoms with Crippen LogP contribution < -0.4 is 0 Å². The fourth-order valence-corrected chi connectivity index (χ4v) is 1.55. The number of azide groups is 1. The minimum Gasteiger partial charge on any atom is -0.456 e. The second kappa shape index (κ2) is 7.36. The van der Waals surface area contributed by atoms with E-state index in [1.807, 2.05) is 45.1 Å². The van der Waals surface area contributed by atoms with Crippen molar-refractivity contribution >= 4 is 12.0 Å². The van der Waals surface area contributed by atoms with Crippen LogP contribution in [0, 0.1) is 0 Å². The lowest BCUT2D eigenvalue weighted by atomic mass is 10.1. The lowest BCUT2D eigenvalue weighted by molar-refractivity contribution is 0.00693. The predicted molar refractivity (Wildman–Crippen MR) is 79.3 cm³/mol. The first-order valence-electron chi connectivity index (χ1n) is 6.44. The maximum atomic E-state index is 12.1. The first kappa shape index (κ1) is 15.8. The van der Waals surface area contributed by atoms with Crippen molar-refractivity contribution in [3.63, 3.8) is 0 Å². The lowest BCUT2D eigenvalue weighted by Crippen LogP contribution is -2.24. The number of benzene rings is 1. The molecular weight excluding hydrogens is 254 g/mol. The van der Waals surface area contributed by atoms with Gasteiger partial charge in [-0.25, -0.2) is 4.79 Å². The van der Waals surface area contributed by atoms with Gasteiger partial charge in [0, 0.05) is 11.5 Å². The Morgan fingerprint density at radius 2 is 2.10 bits per heavy atom. The number of carbonyl (C=O) groups excluding carboxylic acids is 1. The van der Waals surface area contributed by atoms with Gasteiger partial charge in [0.05, 0.1) is 5.56 Å². The van der Waals surface area contributed by atoms with Crippen molar-refractivity contribution in [3.05, 3.63) is 51.9 Å². The molecule has 0 bridgehead atoms. The summed E-state index contributed by atoms with van der Waals surface area (Å²) in [5.74, 6) is -0.340. The van der Waals surface area contributed by atoms with Crippen molar-refractivity contribution < 1.29 is 9.53 Å². The maximum Gasteiger partial charge on any atom is 0.339 e. The van der Waals surface area contributed by atoms with Crippen LogP contribution >= 0.6 is 0 Å². The highest BCUT2D eigenvalue weighted by Gasteiger charge is 2.19. The van der Waals surface area contributed by atoms with Crippen molar-refractivity contribution in [2.24, 2.45) is 5.11 Å². The monoisotopic (exact) mass is 273 g/mol. The summed E-state index contributed by atoms with van der Waals surface area (Å²) < 4.78 is 5.37. The smallest absolute Gasteiger partial charge is 0.339 e. The van der Waals surface area contributed by atoms with Crippen LogP contribution in [0.3, 0.4) is 0 Å². The van der Waals surface area contributed by atoms with Gasteiger partial charge in [0.2, 0.25) is 0 Å². The lowest BCUT2D eigenvalue weighted by Gasteiger charge is -2.20. The zero-order valence-electron chi connectivity index (χ0n) is 12.0. The van der Waals surface area contributed by atoms with Crippen molar-refractivity contribution in [1.82, 2.24) is 0 Å². The Kier molecular flexibility index (Phi) is 5.81. The van der Waals surface area contributed by atoms with E-state index < -0.39 is 5.60 Å². The normalized spacial score (nSPS) is 11.2. The number of hydrogen-bond donors (Lipinski definition) is 0. The summed E-state index contributed by atoms with van der Waals surface area (Å²) in [6.07, 6.45) is 4.34. The Morgan fingerprint density at radius 3 is 2.75 bits per heavy atom. The van der Waals surface area contributed by atoms with Crippen LogP contribution in [0.4, 0.5) is 0 Å². The number of hydrogen-bond acceptors (Lipinski definition) is 3. The molecule has 20 heavy (non-hydrogen) atoms. The molecule has 0 aromatic heterocycles. The third kappa shape index (κ3) is 5.59. The van der Waals surface area contributed by atoms with Crippen LogP contribution in [0.25, 0.3) is 16.5 Å². The molecule has 0 aliphatic heterocycles. The van der Waals surface area contributed by atoms with Crippen molar-refractivity contribution in [1.29, 1.82) is 0 Å².